The van der Waals surface area contributed by atoms with Gasteiger partial charge in [0.25, 0.3) is 0 Å². The van der Waals surface area contributed by atoms with E-state index >= 15 is 0 Å². The van der Waals surface area contributed by atoms with Crippen LogP contribution >= 0.6 is 0 Å². The number of benzene rings is 1. The summed E-state index contributed by atoms with van der Waals surface area (Å²) >= 11 is 0. The van der Waals surface area contributed by atoms with Gasteiger partial charge < -0.3 is 10.2 Å². The Bertz CT molecular complexity index is 877. The van der Waals surface area contributed by atoms with Gasteiger partial charge in [-0.2, -0.15) is 0 Å². The molecule has 0 aliphatic heterocycles. The molecule has 4 nitrogen and oxygen atoms in total. The Balaban J connectivity index is 1.50. The Morgan fingerprint density at radius 1 is 0.700 bits per heavy atom. The molecule has 30 heavy (non-hydrogen) atoms. The van der Waals surface area contributed by atoms with E-state index in [0.29, 0.717) is 11.8 Å². The van der Waals surface area contributed by atoms with Crippen molar-refractivity contribution >= 4 is 22.8 Å². The van der Waals surface area contributed by atoms with Crippen LogP contribution < -0.4 is 0 Å². The molecule has 1 aromatic carbocycles. The molecule has 6 saturated carbocycles. The molecule has 0 saturated heterocycles. The van der Waals surface area contributed by atoms with Crippen molar-refractivity contribution < 1.29 is 10.2 Å². The molecule has 4 heteroatoms. The van der Waals surface area contributed by atoms with Gasteiger partial charge in [0, 0.05) is 0 Å². The standard InChI is InChI=1S/C26H36N2O2/c1-23(2)15-11-19(23)25(5,29)21(13-15)27-17-9-7-8-10-18(17)28-22-14-16-12-20(24(16,3)4)26(22,6)30/h7-10,15-16,19-20,29-30H,11-14H2,1-6H3/t15-,16-,19-,20-,25-,26-/m0/s1. The smallest absolute Gasteiger partial charge is 0.103 e. The SMILES string of the molecule is CC1(C)[C@@H]2CC(=Nc3ccccc3N=C3C[C@@H]4C[C@@H](C4(C)C)[C@]3(C)O)[C@@](C)(O)[C@H]1C2. The first kappa shape index (κ1) is 20.4. The largest absolute Gasteiger partial charge is 0.384 e. The number of aliphatic imine (C=N–C) groups is 2. The Morgan fingerprint density at radius 3 is 1.37 bits per heavy atom. The van der Waals surface area contributed by atoms with Crippen molar-refractivity contribution in [1.82, 2.24) is 0 Å². The molecule has 162 valence electrons. The molecule has 6 aliphatic carbocycles. The first-order chi connectivity index (χ1) is 13.9. The molecule has 7 rings (SSSR count). The van der Waals surface area contributed by atoms with E-state index in [2.05, 4.69) is 27.7 Å². The monoisotopic (exact) mass is 408 g/mol. The molecule has 6 fully saturated rings. The van der Waals surface area contributed by atoms with Crippen molar-refractivity contribution in [3.05, 3.63) is 24.3 Å². The second-order valence-electron chi connectivity index (χ2n) is 11.9. The molecular formula is C26H36N2O2. The number of hydrogen-bond acceptors (Lipinski definition) is 4. The van der Waals surface area contributed by atoms with E-state index in [1.807, 2.05) is 38.1 Å². The lowest BCUT2D eigenvalue weighted by Gasteiger charge is -2.62. The van der Waals surface area contributed by atoms with Crippen molar-refractivity contribution in [2.24, 2.45) is 44.5 Å². The summed E-state index contributed by atoms with van der Waals surface area (Å²) < 4.78 is 0. The number of nitrogens with zero attached hydrogens (tertiary/aromatic N) is 2. The van der Waals surface area contributed by atoms with Crippen LogP contribution in [0.2, 0.25) is 0 Å². The van der Waals surface area contributed by atoms with Crippen LogP contribution in [-0.2, 0) is 0 Å². The van der Waals surface area contributed by atoms with Crippen LogP contribution in [0, 0.1) is 34.5 Å². The number of hydrogen-bond donors (Lipinski definition) is 2. The summed E-state index contributed by atoms with van der Waals surface area (Å²) in [5, 5.41) is 22.6. The van der Waals surface area contributed by atoms with Gasteiger partial charge in [-0.1, -0.05) is 39.8 Å². The maximum absolute atomic E-state index is 11.3. The topological polar surface area (TPSA) is 65.2 Å². The number of para-hydroxylation sites is 2. The van der Waals surface area contributed by atoms with Crippen molar-refractivity contribution in [3.63, 3.8) is 0 Å². The van der Waals surface area contributed by atoms with Crippen LogP contribution in [0.1, 0.15) is 67.2 Å². The highest BCUT2D eigenvalue weighted by molar-refractivity contribution is 5.99. The van der Waals surface area contributed by atoms with Crippen LogP contribution in [0.4, 0.5) is 11.4 Å². The summed E-state index contributed by atoms with van der Waals surface area (Å²) in [4.78, 5) is 9.93. The maximum atomic E-state index is 11.3. The van der Waals surface area contributed by atoms with Crippen LogP contribution in [-0.4, -0.2) is 32.8 Å². The van der Waals surface area contributed by atoms with Gasteiger partial charge in [0.15, 0.2) is 0 Å². The zero-order chi connectivity index (χ0) is 21.7. The van der Waals surface area contributed by atoms with Crippen LogP contribution in [0.5, 0.6) is 0 Å². The maximum Gasteiger partial charge on any atom is 0.103 e. The second-order valence-corrected chi connectivity index (χ2v) is 11.9. The van der Waals surface area contributed by atoms with Gasteiger partial charge in [0.05, 0.1) is 22.8 Å². The minimum atomic E-state index is -0.875. The average Bonchev–Trinajstić information content (AvgIpc) is 2.64. The normalized spacial score (nSPS) is 45.7. The molecule has 4 bridgehead atoms. The number of aliphatic hydroxyl groups is 2. The first-order valence-electron chi connectivity index (χ1n) is 11.6. The highest BCUT2D eigenvalue weighted by atomic mass is 16.3. The molecule has 1 aromatic rings. The Kier molecular flexibility index (Phi) is 4.10. The quantitative estimate of drug-likeness (QED) is 0.682. The molecule has 0 spiro atoms. The molecule has 0 aromatic heterocycles. The van der Waals surface area contributed by atoms with E-state index in [0.717, 1.165) is 48.5 Å². The highest BCUT2D eigenvalue weighted by Crippen LogP contribution is 2.63. The lowest BCUT2D eigenvalue weighted by molar-refractivity contribution is -0.134. The fourth-order valence-corrected chi connectivity index (χ4v) is 7.18. The third-order valence-electron chi connectivity index (χ3n) is 9.74. The molecule has 0 radical (unpaired) electrons. The van der Waals surface area contributed by atoms with Gasteiger partial charge in [0.1, 0.15) is 11.2 Å². The second kappa shape index (κ2) is 6.04. The van der Waals surface area contributed by atoms with Gasteiger partial charge in [-0.3, -0.25) is 9.98 Å². The fraction of sp³-hybridized carbons (Fsp3) is 0.692. The molecule has 0 amide bonds. The summed E-state index contributed by atoms with van der Waals surface area (Å²) in [6.45, 7) is 13.0. The predicted octanol–water partition coefficient (Wildman–Crippen LogP) is 5.47. The van der Waals surface area contributed by atoms with Crippen LogP contribution in [0.15, 0.2) is 34.3 Å². The summed E-state index contributed by atoms with van der Waals surface area (Å²) in [5.41, 5.74) is 1.97. The van der Waals surface area contributed by atoms with E-state index in [1.165, 1.54) is 0 Å². The van der Waals surface area contributed by atoms with Crippen LogP contribution in [0.25, 0.3) is 0 Å². The van der Waals surface area contributed by atoms with E-state index in [9.17, 15) is 10.2 Å². The van der Waals surface area contributed by atoms with E-state index < -0.39 is 11.2 Å². The molecule has 2 N–H and O–H groups in total. The van der Waals surface area contributed by atoms with Crippen molar-refractivity contribution in [1.29, 1.82) is 0 Å². The lowest BCUT2D eigenvalue weighted by Crippen LogP contribution is -2.64. The average molecular weight is 409 g/mol. The Hall–Kier alpha value is -1.52. The fourth-order valence-electron chi connectivity index (χ4n) is 7.18. The van der Waals surface area contributed by atoms with E-state index in [1.54, 1.807) is 0 Å². The minimum Gasteiger partial charge on any atom is -0.384 e. The number of rotatable bonds is 2. The summed E-state index contributed by atoms with van der Waals surface area (Å²) in [7, 11) is 0. The molecule has 0 heterocycles. The highest BCUT2D eigenvalue weighted by Gasteiger charge is 2.62. The van der Waals surface area contributed by atoms with Crippen molar-refractivity contribution in [2.75, 3.05) is 0 Å². The van der Waals surface area contributed by atoms with Crippen molar-refractivity contribution in [2.45, 2.75) is 78.4 Å². The summed E-state index contributed by atoms with van der Waals surface area (Å²) in [6.07, 6.45) is 3.86. The third-order valence-corrected chi connectivity index (χ3v) is 9.74. The van der Waals surface area contributed by atoms with E-state index in [-0.39, 0.29) is 22.7 Å². The molecule has 6 atom stereocenters. The first-order valence-corrected chi connectivity index (χ1v) is 11.6. The van der Waals surface area contributed by atoms with Gasteiger partial charge in [-0.05, 0) is 86.2 Å². The Morgan fingerprint density at radius 2 is 1.07 bits per heavy atom. The predicted molar refractivity (Wildman–Crippen MR) is 122 cm³/mol. The lowest BCUT2D eigenvalue weighted by atomic mass is 9.44. The Labute approximate surface area is 180 Å². The molecule has 6 aliphatic rings. The van der Waals surface area contributed by atoms with Gasteiger partial charge >= 0.3 is 0 Å². The van der Waals surface area contributed by atoms with Gasteiger partial charge in [0.2, 0.25) is 0 Å². The summed E-state index contributed by atoms with van der Waals surface area (Å²) in [5.74, 6) is 1.70. The van der Waals surface area contributed by atoms with Crippen LogP contribution in [0.3, 0.4) is 0 Å². The molecular weight excluding hydrogens is 372 g/mol. The van der Waals surface area contributed by atoms with E-state index in [4.69, 9.17) is 9.98 Å². The third kappa shape index (κ3) is 2.59. The van der Waals surface area contributed by atoms with Gasteiger partial charge in [-0.25, -0.2) is 0 Å². The summed E-state index contributed by atoms with van der Waals surface area (Å²) in [6, 6.07) is 7.92. The zero-order valence-corrected chi connectivity index (χ0v) is 19.2. The molecule has 0 unspecified atom stereocenters. The van der Waals surface area contributed by atoms with Crippen molar-refractivity contribution in [3.8, 4) is 0 Å². The zero-order valence-electron chi connectivity index (χ0n) is 19.2. The van der Waals surface area contributed by atoms with Gasteiger partial charge in [-0.15, -0.1) is 0 Å². The number of fused-ring (bicyclic) bond motifs is 4. The minimum absolute atomic E-state index is 0.177.